The fraction of sp³-hybridized carbons (Fsp3) is 0.500. The second kappa shape index (κ2) is 7.13. The third-order valence-electron chi connectivity index (χ3n) is 5.15. The Labute approximate surface area is 157 Å². The van der Waals surface area contributed by atoms with Gasteiger partial charge in [-0.25, -0.2) is 0 Å². The number of ketones is 1. The molecule has 1 aliphatic carbocycles. The third-order valence-corrected chi connectivity index (χ3v) is 5.15. The van der Waals surface area contributed by atoms with Crippen molar-refractivity contribution >= 4 is 23.6 Å². The zero-order valence-electron chi connectivity index (χ0n) is 15.5. The number of nitrogens with zero attached hydrogens (tertiary/aromatic N) is 1. The topological polar surface area (TPSA) is 104 Å². The highest BCUT2D eigenvalue weighted by molar-refractivity contribution is 6.21. The molecule has 1 atom stereocenters. The maximum absolute atomic E-state index is 12.8. The quantitative estimate of drug-likeness (QED) is 0.733. The summed E-state index contributed by atoms with van der Waals surface area (Å²) in [4.78, 5) is 49.9. The minimum atomic E-state index is -1.50. The first-order chi connectivity index (χ1) is 12.7. The molecule has 1 heterocycles. The number of likely N-dealkylation sites (tertiary alicyclic amines) is 1. The largest absolute Gasteiger partial charge is 0.480 e. The lowest BCUT2D eigenvalue weighted by Crippen LogP contribution is -2.59. The van der Waals surface area contributed by atoms with E-state index in [0.717, 1.165) is 5.56 Å². The number of hydrogen-bond donors (Lipinski definition) is 2. The molecule has 2 N–H and O–H groups in total. The Morgan fingerprint density at radius 2 is 1.81 bits per heavy atom. The Morgan fingerprint density at radius 3 is 2.37 bits per heavy atom. The summed E-state index contributed by atoms with van der Waals surface area (Å²) in [5, 5.41) is 10.9. The Bertz CT molecular complexity index is 780. The predicted octanol–water partition coefficient (Wildman–Crippen LogP) is 1.32. The first-order valence-corrected chi connectivity index (χ1v) is 9.10. The van der Waals surface area contributed by atoms with Gasteiger partial charge >= 0.3 is 5.97 Å². The number of nitrogens with one attached hydrogen (secondary N) is 1. The van der Waals surface area contributed by atoms with Crippen LogP contribution < -0.4 is 5.32 Å². The normalized spacial score (nSPS) is 21.9. The van der Waals surface area contributed by atoms with Crippen LogP contribution in [0.15, 0.2) is 24.3 Å². The Morgan fingerprint density at radius 1 is 1.19 bits per heavy atom. The van der Waals surface area contributed by atoms with Crippen LogP contribution in [0.2, 0.25) is 0 Å². The highest BCUT2D eigenvalue weighted by Gasteiger charge is 2.49. The van der Waals surface area contributed by atoms with Crippen molar-refractivity contribution in [2.45, 2.75) is 39.2 Å². The standard InChI is InChI=1S/C20H24N2O5/c1-20(2)11-22(10-12-3-5-13(6-4-12)14-7-8-14)19(27)16(17(20)25)18(26)21-9-15(23)24/h3-6,14,16H,7-11H2,1-2H3,(H,21,26)(H,23,24). The van der Waals surface area contributed by atoms with E-state index in [4.69, 9.17) is 5.11 Å². The van der Waals surface area contributed by atoms with E-state index >= 15 is 0 Å². The molecule has 0 spiro atoms. The third kappa shape index (κ3) is 4.18. The molecule has 1 aliphatic heterocycles. The summed E-state index contributed by atoms with van der Waals surface area (Å²) in [5.74, 6) is -3.99. The van der Waals surface area contributed by atoms with Gasteiger partial charge in [-0.05, 0) is 29.9 Å². The van der Waals surface area contributed by atoms with E-state index < -0.39 is 41.4 Å². The summed E-state index contributed by atoms with van der Waals surface area (Å²) in [6, 6.07) is 8.08. The van der Waals surface area contributed by atoms with E-state index in [-0.39, 0.29) is 6.54 Å². The van der Waals surface area contributed by atoms with Gasteiger partial charge in [0.05, 0.1) is 0 Å². The second-order valence-electron chi connectivity index (χ2n) is 8.00. The van der Waals surface area contributed by atoms with Crippen LogP contribution in [-0.4, -0.2) is 46.7 Å². The molecule has 0 bridgehead atoms. The van der Waals surface area contributed by atoms with Crippen molar-refractivity contribution < 1.29 is 24.3 Å². The van der Waals surface area contributed by atoms with Gasteiger partial charge in [-0.3, -0.25) is 19.2 Å². The summed E-state index contributed by atoms with van der Waals surface area (Å²) >= 11 is 0. The summed E-state index contributed by atoms with van der Waals surface area (Å²) in [6.45, 7) is 3.30. The van der Waals surface area contributed by atoms with Crippen LogP contribution in [0, 0.1) is 11.3 Å². The van der Waals surface area contributed by atoms with Crippen LogP contribution in [0.5, 0.6) is 0 Å². The highest BCUT2D eigenvalue weighted by atomic mass is 16.4. The van der Waals surface area contributed by atoms with E-state index in [1.54, 1.807) is 13.8 Å². The number of benzene rings is 1. The SMILES string of the molecule is CC1(C)CN(Cc2ccc(C3CC3)cc2)C(=O)C(C(=O)NCC(=O)O)C1=O. The molecular formula is C20H24N2O5. The molecule has 2 fully saturated rings. The molecule has 1 saturated carbocycles. The fourth-order valence-electron chi connectivity index (χ4n) is 3.48. The van der Waals surface area contributed by atoms with Crippen LogP contribution in [0.25, 0.3) is 0 Å². The van der Waals surface area contributed by atoms with Crippen molar-refractivity contribution in [2.75, 3.05) is 13.1 Å². The van der Waals surface area contributed by atoms with Gasteiger partial charge in [-0.2, -0.15) is 0 Å². The molecule has 1 aromatic carbocycles. The molecule has 0 radical (unpaired) electrons. The van der Waals surface area contributed by atoms with E-state index in [1.165, 1.54) is 23.3 Å². The summed E-state index contributed by atoms with van der Waals surface area (Å²) in [5.41, 5.74) is 1.35. The van der Waals surface area contributed by atoms with Crippen molar-refractivity contribution in [3.05, 3.63) is 35.4 Å². The number of Topliss-reactive ketones (excluding diaryl/α,β-unsaturated/α-hetero) is 1. The molecule has 7 heteroatoms. The van der Waals surface area contributed by atoms with Crippen molar-refractivity contribution in [1.82, 2.24) is 10.2 Å². The maximum atomic E-state index is 12.8. The first kappa shape index (κ1) is 19.1. The number of carboxylic acid groups (broad SMARTS) is 1. The zero-order chi connectivity index (χ0) is 19.8. The van der Waals surface area contributed by atoms with Gasteiger partial charge in [0.1, 0.15) is 6.54 Å². The van der Waals surface area contributed by atoms with Gasteiger partial charge in [-0.1, -0.05) is 38.1 Å². The van der Waals surface area contributed by atoms with E-state index in [1.807, 2.05) is 12.1 Å². The molecule has 2 amide bonds. The number of rotatable bonds is 6. The molecule has 27 heavy (non-hydrogen) atoms. The molecule has 1 aromatic rings. The van der Waals surface area contributed by atoms with Gasteiger partial charge < -0.3 is 15.3 Å². The molecule has 144 valence electrons. The van der Waals surface area contributed by atoms with Gasteiger partial charge in [-0.15, -0.1) is 0 Å². The minimum absolute atomic E-state index is 0.220. The number of carbonyl (C=O) groups is 4. The predicted molar refractivity (Wildman–Crippen MR) is 96.8 cm³/mol. The lowest BCUT2D eigenvalue weighted by atomic mass is 9.76. The fourth-order valence-corrected chi connectivity index (χ4v) is 3.48. The van der Waals surface area contributed by atoms with Crippen LogP contribution in [-0.2, 0) is 25.7 Å². The Kier molecular flexibility index (Phi) is 5.04. The van der Waals surface area contributed by atoms with Crippen molar-refractivity contribution in [3.8, 4) is 0 Å². The van der Waals surface area contributed by atoms with Gasteiger partial charge in [0.2, 0.25) is 11.8 Å². The van der Waals surface area contributed by atoms with Crippen molar-refractivity contribution in [2.24, 2.45) is 11.3 Å². The summed E-state index contributed by atoms with van der Waals surface area (Å²) in [7, 11) is 0. The molecule has 0 aromatic heterocycles. The van der Waals surface area contributed by atoms with Gasteiger partial charge in [0.15, 0.2) is 11.7 Å². The second-order valence-corrected chi connectivity index (χ2v) is 8.00. The number of aliphatic carboxylic acids is 1. The summed E-state index contributed by atoms with van der Waals surface area (Å²) < 4.78 is 0. The van der Waals surface area contributed by atoms with E-state index in [0.29, 0.717) is 12.5 Å². The van der Waals surface area contributed by atoms with Gasteiger partial charge in [0.25, 0.3) is 0 Å². The number of hydrogen-bond acceptors (Lipinski definition) is 4. The molecule has 3 rings (SSSR count). The van der Waals surface area contributed by atoms with Crippen molar-refractivity contribution in [1.29, 1.82) is 0 Å². The van der Waals surface area contributed by atoms with Crippen LogP contribution in [0.1, 0.15) is 43.7 Å². The Balaban J connectivity index is 1.75. The first-order valence-electron chi connectivity index (χ1n) is 9.10. The highest BCUT2D eigenvalue weighted by Crippen LogP contribution is 2.40. The molecule has 2 aliphatic rings. The van der Waals surface area contributed by atoms with Gasteiger partial charge in [0, 0.05) is 18.5 Å². The maximum Gasteiger partial charge on any atom is 0.322 e. The molecule has 1 unspecified atom stereocenters. The minimum Gasteiger partial charge on any atom is -0.480 e. The number of carboxylic acids is 1. The molecule has 7 nitrogen and oxygen atoms in total. The van der Waals surface area contributed by atoms with Crippen molar-refractivity contribution in [3.63, 3.8) is 0 Å². The number of carbonyl (C=O) groups excluding carboxylic acids is 3. The lowest BCUT2D eigenvalue weighted by Gasteiger charge is -2.40. The Hall–Kier alpha value is -2.70. The monoisotopic (exact) mass is 372 g/mol. The van der Waals surface area contributed by atoms with Crippen LogP contribution in [0.4, 0.5) is 0 Å². The van der Waals surface area contributed by atoms with E-state index in [2.05, 4.69) is 17.4 Å². The van der Waals surface area contributed by atoms with E-state index in [9.17, 15) is 19.2 Å². The summed E-state index contributed by atoms with van der Waals surface area (Å²) in [6.07, 6.45) is 2.43. The molecule has 1 saturated heterocycles. The van der Waals surface area contributed by atoms with Crippen LogP contribution in [0.3, 0.4) is 0 Å². The molecular weight excluding hydrogens is 348 g/mol. The number of amides is 2. The van der Waals surface area contributed by atoms with Crippen LogP contribution >= 0.6 is 0 Å². The smallest absolute Gasteiger partial charge is 0.322 e. The average Bonchev–Trinajstić information content (AvgIpc) is 3.44. The zero-order valence-corrected chi connectivity index (χ0v) is 15.5. The number of piperidine rings is 1. The lowest BCUT2D eigenvalue weighted by molar-refractivity contribution is -0.158. The average molecular weight is 372 g/mol.